The van der Waals surface area contributed by atoms with Gasteiger partial charge in [0.25, 0.3) is 0 Å². The third-order valence-electron chi connectivity index (χ3n) is 3.49. The van der Waals surface area contributed by atoms with Crippen LogP contribution in [0, 0.1) is 10.5 Å². The molecular formula is C17H19ClIN. The van der Waals surface area contributed by atoms with Crippen LogP contribution in [0.4, 0.5) is 0 Å². The molecule has 0 heterocycles. The van der Waals surface area contributed by atoms with Gasteiger partial charge in [0.15, 0.2) is 0 Å². The first-order valence-corrected chi connectivity index (χ1v) is 8.30. The summed E-state index contributed by atoms with van der Waals surface area (Å²) in [7, 11) is 0. The van der Waals surface area contributed by atoms with Crippen LogP contribution in [-0.4, -0.2) is 6.54 Å². The largest absolute Gasteiger partial charge is 0.310 e. The maximum absolute atomic E-state index is 6.25. The van der Waals surface area contributed by atoms with Crippen molar-refractivity contribution in [2.75, 3.05) is 6.54 Å². The van der Waals surface area contributed by atoms with Crippen molar-refractivity contribution in [2.45, 2.75) is 26.3 Å². The first-order valence-electron chi connectivity index (χ1n) is 6.84. The number of nitrogens with one attached hydrogen (secondary N) is 1. The van der Waals surface area contributed by atoms with Crippen LogP contribution < -0.4 is 5.32 Å². The lowest BCUT2D eigenvalue weighted by Gasteiger charge is -2.21. The second-order valence-corrected chi connectivity index (χ2v) is 6.55. The van der Waals surface area contributed by atoms with Crippen molar-refractivity contribution in [3.05, 3.63) is 67.7 Å². The standard InChI is InChI=1S/C17H19ClIN/c1-3-20-17(11-13-7-9-14(19)10-8-13)15-5-4-6-16(18)12(15)2/h4-10,17,20H,3,11H2,1-2H3. The van der Waals surface area contributed by atoms with Crippen LogP contribution in [0.1, 0.15) is 29.7 Å². The van der Waals surface area contributed by atoms with E-state index in [9.17, 15) is 0 Å². The van der Waals surface area contributed by atoms with Crippen molar-refractivity contribution >= 4 is 34.2 Å². The lowest BCUT2D eigenvalue weighted by Crippen LogP contribution is -2.23. The van der Waals surface area contributed by atoms with Crippen LogP contribution >= 0.6 is 34.2 Å². The lowest BCUT2D eigenvalue weighted by atomic mass is 9.95. The molecule has 0 radical (unpaired) electrons. The van der Waals surface area contributed by atoms with Gasteiger partial charge in [0, 0.05) is 14.6 Å². The molecule has 3 heteroatoms. The molecule has 0 saturated carbocycles. The van der Waals surface area contributed by atoms with Crippen LogP contribution in [-0.2, 0) is 6.42 Å². The zero-order chi connectivity index (χ0) is 14.5. The maximum Gasteiger partial charge on any atom is 0.0438 e. The van der Waals surface area contributed by atoms with Crippen molar-refractivity contribution < 1.29 is 0 Å². The van der Waals surface area contributed by atoms with Gasteiger partial charge in [0.1, 0.15) is 0 Å². The summed E-state index contributed by atoms with van der Waals surface area (Å²) in [5.74, 6) is 0. The van der Waals surface area contributed by atoms with E-state index < -0.39 is 0 Å². The van der Waals surface area contributed by atoms with Crippen LogP contribution in [0.5, 0.6) is 0 Å². The number of rotatable bonds is 5. The summed E-state index contributed by atoms with van der Waals surface area (Å²) in [6.45, 7) is 5.18. The van der Waals surface area contributed by atoms with Gasteiger partial charge in [0.05, 0.1) is 0 Å². The Kier molecular flexibility index (Phi) is 5.87. The van der Waals surface area contributed by atoms with E-state index in [0.29, 0.717) is 6.04 Å². The third kappa shape index (κ3) is 3.96. The number of benzene rings is 2. The highest BCUT2D eigenvalue weighted by atomic mass is 127. The normalized spacial score (nSPS) is 12.4. The highest BCUT2D eigenvalue weighted by molar-refractivity contribution is 14.1. The molecule has 2 aromatic carbocycles. The summed E-state index contributed by atoms with van der Waals surface area (Å²) in [5.41, 5.74) is 3.80. The van der Waals surface area contributed by atoms with Crippen LogP contribution in [0.25, 0.3) is 0 Å². The summed E-state index contributed by atoms with van der Waals surface area (Å²) in [5, 5.41) is 4.41. The zero-order valence-electron chi connectivity index (χ0n) is 11.8. The smallest absolute Gasteiger partial charge is 0.0438 e. The topological polar surface area (TPSA) is 12.0 Å². The maximum atomic E-state index is 6.25. The molecule has 0 aromatic heterocycles. The first kappa shape index (κ1) is 15.8. The fraction of sp³-hybridized carbons (Fsp3) is 0.294. The van der Waals surface area contributed by atoms with E-state index in [1.54, 1.807) is 0 Å². The molecule has 2 rings (SSSR count). The molecule has 1 nitrogen and oxygen atoms in total. The zero-order valence-corrected chi connectivity index (χ0v) is 14.7. The second-order valence-electron chi connectivity index (χ2n) is 4.89. The molecule has 1 unspecified atom stereocenters. The SMILES string of the molecule is CCNC(Cc1ccc(I)cc1)c1cccc(Cl)c1C. The fourth-order valence-corrected chi connectivity index (χ4v) is 2.94. The van der Waals surface area contributed by atoms with E-state index in [2.05, 4.69) is 72.1 Å². The number of halogens is 2. The number of likely N-dealkylation sites (N-methyl/N-ethyl adjacent to an activating group) is 1. The molecule has 0 aliphatic heterocycles. The molecule has 0 saturated heterocycles. The highest BCUT2D eigenvalue weighted by Gasteiger charge is 2.14. The molecule has 0 bridgehead atoms. The van der Waals surface area contributed by atoms with E-state index in [0.717, 1.165) is 18.0 Å². The number of hydrogen-bond acceptors (Lipinski definition) is 1. The Bertz CT molecular complexity index is 566. The molecule has 0 aliphatic rings. The van der Waals surface area contributed by atoms with Crippen LogP contribution in [0.3, 0.4) is 0 Å². The third-order valence-corrected chi connectivity index (χ3v) is 4.62. The summed E-state index contributed by atoms with van der Waals surface area (Å²) in [4.78, 5) is 0. The van der Waals surface area contributed by atoms with Crippen molar-refractivity contribution in [1.29, 1.82) is 0 Å². The number of hydrogen-bond donors (Lipinski definition) is 1. The predicted molar refractivity (Wildman–Crippen MR) is 95.5 cm³/mol. The average molecular weight is 400 g/mol. The molecule has 0 spiro atoms. The van der Waals surface area contributed by atoms with Crippen molar-refractivity contribution in [3.8, 4) is 0 Å². The van der Waals surface area contributed by atoms with Gasteiger partial charge < -0.3 is 5.32 Å². The molecule has 0 aliphatic carbocycles. The molecule has 20 heavy (non-hydrogen) atoms. The molecule has 1 atom stereocenters. The Morgan fingerprint density at radius 2 is 1.85 bits per heavy atom. The van der Waals surface area contributed by atoms with Gasteiger partial charge in [-0.25, -0.2) is 0 Å². The van der Waals surface area contributed by atoms with Crippen molar-refractivity contribution in [2.24, 2.45) is 0 Å². The van der Waals surface area contributed by atoms with Gasteiger partial charge in [0.2, 0.25) is 0 Å². The Hall–Kier alpha value is -0.580. The Balaban J connectivity index is 2.26. The lowest BCUT2D eigenvalue weighted by molar-refractivity contribution is 0.547. The van der Waals surface area contributed by atoms with Crippen LogP contribution in [0.15, 0.2) is 42.5 Å². The minimum atomic E-state index is 0.304. The molecule has 1 N–H and O–H groups in total. The van der Waals surface area contributed by atoms with E-state index >= 15 is 0 Å². The average Bonchev–Trinajstić information content (AvgIpc) is 2.44. The molecule has 0 fully saturated rings. The van der Waals surface area contributed by atoms with Crippen molar-refractivity contribution in [1.82, 2.24) is 5.32 Å². The van der Waals surface area contributed by atoms with E-state index in [-0.39, 0.29) is 0 Å². The molecule has 0 amide bonds. The Labute approximate surface area is 139 Å². The monoisotopic (exact) mass is 399 g/mol. The summed E-state index contributed by atoms with van der Waals surface area (Å²) >= 11 is 8.59. The van der Waals surface area contributed by atoms with Gasteiger partial charge in [-0.2, -0.15) is 0 Å². The van der Waals surface area contributed by atoms with E-state index in [4.69, 9.17) is 11.6 Å². The fourth-order valence-electron chi connectivity index (χ4n) is 2.40. The van der Waals surface area contributed by atoms with Gasteiger partial charge in [-0.1, -0.05) is 42.8 Å². The second kappa shape index (κ2) is 7.43. The Morgan fingerprint density at radius 3 is 2.50 bits per heavy atom. The quantitative estimate of drug-likeness (QED) is 0.686. The predicted octanol–water partition coefficient (Wildman–Crippen LogP) is 5.15. The minimum Gasteiger partial charge on any atom is -0.310 e. The van der Waals surface area contributed by atoms with Gasteiger partial charge in [-0.05, 0) is 77.4 Å². The van der Waals surface area contributed by atoms with Gasteiger partial charge in [-0.3, -0.25) is 0 Å². The highest BCUT2D eigenvalue weighted by Crippen LogP contribution is 2.26. The van der Waals surface area contributed by atoms with Gasteiger partial charge in [-0.15, -0.1) is 0 Å². The molecule has 2 aromatic rings. The van der Waals surface area contributed by atoms with Crippen molar-refractivity contribution in [3.63, 3.8) is 0 Å². The van der Waals surface area contributed by atoms with E-state index in [1.165, 1.54) is 20.3 Å². The van der Waals surface area contributed by atoms with Crippen LogP contribution in [0.2, 0.25) is 5.02 Å². The summed E-state index contributed by atoms with van der Waals surface area (Å²) in [6.07, 6.45) is 0.978. The van der Waals surface area contributed by atoms with Gasteiger partial charge >= 0.3 is 0 Å². The molecular weight excluding hydrogens is 381 g/mol. The first-order chi connectivity index (χ1) is 9.61. The molecule has 106 valence electrons. The van der Waals surface area contributed by atoms with E-state index in [1.807, 2.05) is 12.1 Å². The minimum absolute atomic E-state index is 0.304. The summed E-state index contributed by atoms with van der Waals surface area (Å²) < 4.78 is 1.27. The Morgan fingerprint density at radius 1 is 1.15 bits per heavy atom. The summed E-state index contributed by atoms with van der Waals surface area (Å²) in [6, 6.07) is 15.2.